The van der Waals surface area contributed by atoms with E-state index >= 15 is 0 Å². The number of hydrogen-bond acceptors (Lipinski definition) is 2. The van der Waals surface area contributed by atoms with E-state index < -0.39 is 0 Å². The van der Waals surface area contributed by atoms with Crippen LogP contribution in [0.4, 0.5) is 0 Å². The SMILES string of the molecule is CCc1c(-c2ccccc2Cl)nc[nH]c1=O. The molecule has 0 aliphatic rings. The van der Waals surface area contributed by atoms with E-state index in [4.69, 9.17) is 11.6 Å². The molecule has 0 amide bonds. The Morgan fingerprint density at radius 3 is 2.81 bits per heavy atom. The van der Waals surface area contributed by atoms with E-state index in [0.29, 0.717) is 22.7 Å². The molecule has 16 heavy (non-hydrogen) atoms. The van der Waals surface area contributed by atoms with Crippen molar-refractivity contribution < 1.29 is 0 Å². The lowest BCUT2D eigenvalue weighted by Gasteiger charge is -2.06. The van der Waals surface area contributed by atoms with Gasteiger partial charge in [-0.1, -0.05) is 36.7 Å². The third-order valence-electron chi connectivity index (χ3n) is 2.43. The molecule has 0 bridgehead atoms. The third kappa shape index (κ3) is 1.86. The van der Waals surface area contributed by atoms with Gasteiger partial charge >= 0.3 is 0 Å². The van der Waals surface area contributed by atoms with Crippen LogP contribution in [-0.2, 0) is 6.42 Å². The molecule has 0 saturated carbocycles. The Kier molecular flexibility index (Phi) is 3.06. The molecular formula is C12H11ClN2O. The lowest BCUT2D eigenvalue weighted by molar-refractivity contribution is 1.01. The Morgan fingerprint density at radius 1 is 1.38 bits per heavy atom. The highest BCUT2D eigenvalue weighted by molar-refractivity contribution is 6.33. The topological polar surface area (TPSA) is 45.8 Å². The van der Waals surface area contributed by atoms with Crippen LogP contribution in [0.1, 0.15) is 12.5 Å². The molecule has 0 spiro atoms. The van der Waals surface area contributed by atoms with Gasteiger partial charge in [0.25, 0.3) is 5.56 Å². The van der Waals surface area contributed by atoms with Crippen molar-refractivity contribution in [2.45, 2.75) is 13.3 Å². The highest BCUT2D eigenvalue weighted by atomic mass is 35.5. The normalized spacial score (nSPS) is 10.4. The van der Waals surface area contributed by atoms with Crippen LogP contribution >= 0.6 is 11.6 Å². The zero-order valence-corrected chi connectivity index (χ0v) is 9.58. The Hall–Kier alpha value is -1.61. The van der Waals surface area contributed by atoms with E-state index in [1.807, 2.05) is 25.1 Å². The molecule has 0 saturated heterocycles. The second kappa shape index (κ2) is 4.49. The standard InChI is InChI=1S/C12H11ClN2O/c1-2-8-11(14-7-15-12(8)16)9-5-3-4-6-10(9)13/h3-7H,2H2,1H3,(H,14,15,16). The number of benzene rings is 1. The minimum absolute atomic E-state index is 0.104. The minimum atomic E-state index is -0.104. The van der Waals surface area contributed by atoms with Gasteiger partial charge in [0.05, 0.1) is 12.0 Å². The fraction of sp³-hybridized carbons (Fsp3) is 0.167. The summed E-state index contributed by atoms with van der Waals surface area (Å²) < 4.78 is 0. The van der Waals surface area contributed by atoms with E-state index in [1.165, 1.54) is 6.33 Å². The van der Waals surface area contributed by atoms with E-state index in [2.05, 4.69) is 9.97 Å². The quantitative estimate of drug-likeness (QED) is 0.868. The van der Waals surface area contributed by atoms with E-state index in [0.717, 1.165) is 5.56 Å². The predicted molar refractivity (Wildman–Crippen MR) is 64.7 cm³/mol. The van der Waals surface area contributed by atoms with Crippen LogP contribution in [-0.4, -0.2) is 9.97 Å². The van der Waals surface area contributed by atoms with Gasteiger partial charge in [-0.15, -0.1) is 0 Å². The van der Waals surface area contributed by atoms with Crippen LogP contribution in [0.25, 0.3) is 11.3 Å². The van der Waals surface area contributed by atoms with Crippen molar-refractivity contribution in [2.75, 3.05) is 0 Å². The smallest absolute Gasteiger partial charge is 0.254 e. The number of nitrogens with one attached hydrogen (secondary N) is 1. The Morgan fingerprint density at radius 2 is 2.12 bits per heavy atom. The minimum Gasteiger partial charge on any atom is -0.313 e. The van der Waals surface area contributed by atoms with Gasteiger partial charge in [-0.05, 0) is 12.5 Å². The molecule has 3 nitrogen and oxygen atoms in total. The molecule has 2 aromatic rings. The summed E-state index contributed by atoms with van der Waals surface area (Å²) in [5.74, 6) is 0. The van der Waals surface area contributed by atoms with Gasteiger partial charge in [-0.25, -0.2) is 4.98 Å². The number of nitrogens with zero attached hydrogens (tertiary/aromatic N) is 1. The molecule has 0 aliphatic heterocycles. The van der Waals surface area contributed by atoms with Crippen LogP contribution in [0.15, 0.2) is 35.4 Å². The number of aromatic nitrogens is 2. The first-order chi connectivity index (χ1) is 7.74. The molecule has 0 aliphatic carbocycles. The van der Waals surface area contributed by atoms with Gasteiger partial charge in [0.15, 0.2) is 0 Å². The molecule has 1 aromatic heterocycles. The van der Waals surface area contributed by atoms with Crippen molar-refractivity contribution in [3.63, 3.8) is 0 Å². The first-order valence-corrected chi connectivity index (χ1v) is 5.43. The van der Waals surface area contributed by atoms with Gasteiger partial charge in [-0.3, -0.25) is 4.79 Å². The molecule has 0 atom stereocenters. The van der Waals surface area contributed by atoms with E-state index in [1.54, 1.807) is 6.07 Å². The second-order valence-electron chi connectivity index (χ2n) is 3.39. The van der Waals surface area contributed by atoms with Gasteiger partial charge < -0.3 is 4.98 Å². The Bertz CT molecular complexity index is 563. The summed E-state index contributed by atoms with van der Waals surface area (Å²) in [5.41, 5.74) is 2.02. The lowest BCUT2D eigenvalue weighted by Crippen LogP contribution is -2.14. The molecular weight excluding hydrogens is 224 g/mol. The first kappa shape index (κ1) is 10.9. The molecule has 1 heterocycles. The van der Waals surface area contributed by atoms with Gasteiger partial charge in [-0.2, -0.15) is 0 Å². The monoisotopic (exact) mass is 234 g/mol. The van der Waals surface area contributed by atoms with Crippen molar-refractivity contribution >= 4 is 11.6 Å². The number of aromatic amines is 1. The maximum Gasteiger partial charge on any atom is 0.254 e. The molecule has 0 unspecified atom stereocenters. The third-order valence-corrected chi connectivity index (χ3v) is 2.76. The predicted octanol–water partition coefficient (Wildman–Crippen LogP) is 2.65. The van der Waals surface area contributed by atoms with Crippen molar-refractivity contribution in [1.29, 1.82) is 0 Å². The summed E-state index contributed by atoms with van der Waals surface area (Å²) in [4.78, 5) is 18.4. The Labute approximate surface area is 98.1 Å². The lowest BCUT2D eigenvalue weighted by atomic mass is 10.1. The molecule has 2 rings (SSSR count). The highest BCUT2D eigenvalue weighted by Gasteiger charge is 2.11. The van der Waals surface area contributed by atoms with Crippen LogP contribution in [0.2, 0.25) is 5.02 Å². The van der Waals surface area contributed by atoms with Crippen LogP contribution in [0.5, 0.6) is 0 Å². The fourth-order valence-electron chi connectivity index (χ4n) is 1.64. The van der Waals surface area contributed by atoms with Crippen molar-refractivity contribution in [3.8, 4) is 11.3 Å². The summed E-state index contributed by atoms with van der Waals surface area (Å²) in [6.45, 7) is 1.92. The molecule has 1 aromatic carbocycles. The van der Waals surface area contributed by atoms with Gasteiger partial charge in [0, 0.05) is 16.1 Å². The van der Waals surface area contributed by atoms with Crippen molar-refractivity contribution in [1.82, 2.24) is 9.97 Å². The average molecular weight is 235 g/mol. The molecule has 4 heteroatoms. The van der Waals surface area contributed by atoms with E-state index in [9.17, 15) is 4.79 Å². The molecule has 0 fully saturated rings. The van der Waals surface area contributed by atoms with Crippen LogP contribution < -0.4 is 5.56 Å². The summed E-state index contributed by atoms with van der Waals surface area (Å²) in [6, 6.07) is 7.39. The largest absolute Gasteiger partial charge is 0.313 e. The van der Waals surface area contributed by atoms with Gasteiger partial charge in [0.2, 0.25) is 0 Å². The molecule has 1 N–H and O–H groups in total. The summed E-state index contributed by atoms with van der Waals surface area (Å²) >= 11 is 6.09. The first-order valence-electron chi connectivity index (χ1n) is 5.05. The zero-order chi connectivity index (χ0) is 11.5. The number of H-pyrrole nitrogens is 1. The van der Waals surface area contributed by atoms with Crippen molar-refractivity contribution in [3.05, 3.63) is 51.5 Å². The van der Waals surface area contributed by atoms with E-state index in [-0.39, 0.29) is 5.56 Å². The Balaban J connectivity index is 2.70. The molecule has 82 valence electrons. The number of halogens is 1. The van der Waals surface area contributed by atoms with Crippen LogP contribution in [0, 0.1) is 0 Å². The van der Waals surface area contributed by atoms with Gasteiger partial charge in [0.1, 0.15) is 0 Å². The summed E-state index contributed by atoms with van der Waals surface area (Å²) in [5, 5.41) is 0.607. The maximum atomic E-state index is 11.6. The maximum absolute atomic E-state index is 11.6. The fourth-order valence-corrected chi connectivity index (χ4v) is 1.87. The number of hydrogen-bond donors (Lipinski definition) is 1. The number of rotatable bonds is 2. The molecule has 0 radical (unpaired) electrons. The highest BCUT2D eigenvalue weighted by Crippen LogP contribution is 2.26. The van der Waals surface area contributed by atoms with Crippen molar-refractivity contribution in [2.24, 2.45) is 0 Å². The average Bonchev–Trinajstić information content (AvgIpc) is 2.29. The van der Waals surface area contributed by atoms with Crippen LogP contribution in [0.3, 0.4) is 0 Å². The summed E-state index contributed by atoms with van der Waals surface area (Å²) in [7, 11) is 0. The zero-order valence-electron chi connectivity index (χ0n) is 8.83. The second-order valence-corrected chi connectivity index (χ2v) is 3.80. The summed E-state index contributed by atoms with van der Waals surface area (Å²) in [6.07, 6.45) is 2.03.